The summed E-state index contributed by atoms with van der Waals surface area (Å²) in [4.78, 5) is 15.2. The molecule has 3 aliphatic carbocycles. The molecule has 4 heteroatoms. The van der Waals surface area contributed by atoms with Crippen LogP contribution in [-0.4, -0.2) is 36.6 Å². The van der Waals surface area contributed by atoms with Crippen LogP contribution in [0.3, 0.4) is 0 Å². The number of esters is 1. The largest absolute Gasteiger partial charge is 0.466 e. The second-order valence-corrected chi connectivity index (χ2v) is 11.8. The van der Waals surface area contributed by atoms with Crippen LogP contribution in [0.2, 0.25) is 5.02 Å². The predicted molar refractivity (Wildman–Crippen MR) is 141 cm³/mol. The second kappa shape index (κ2) is 13.3. The average molecular weight is 488 g/mol. The maximum Gasteiger partial charge on any atom is 0.306 e. The van der Waals surface area contributed by atoms with Gasteiger partial charge in [-0.2, -0.15) is 0 Å². The minimum absolute atomic E-state index is 0.0369. The molecule has 1 aromatic carbocycles. The number of hydrogen-bond donors (Lipinski definition) is 0. The topological polar surface area (TPSA) is 29.5 Å². The summed E-state index contributed by atoms with van der Waals surface area (Å²) in [6.07, 6.45) is 17.9. The number of carbonyl (C=O) groups excluding carboxylic acids is 1. The van der Waals surface area contributed by atoms with Crippen LogP contribution in [0.15, 0.2) is 24.3 Å². The number of halogens is 1. The van der Waals surface area contributed by atoms with Crippen molar-refractivity contribution in [3.05, 3.63) is 34.9 Å². The molecule has 3 aliphatic rings. The molecule has 0 amide bonds. The molecule has 0 aliphatic heterocycles. The molecule has 3 saturated carbocycles. The molecule has 0 heterocycles. The molecule has 0 spiro atoms. The number of ether oxygens (including phenoxy) is 1. The third kappa shape index (κ3) is 7.23. The maximum absolute atomic E-state index is 12.3. The Morgan fingerprint density at radius 1 is 0.882 bits per heavy atom. The third-order valence-electron chi connectivity index (χ3n) is 8.89. The lowest BCUT2D eigenvalue weighted by Crippen LogP contribution is -2.47. The van der Waals surface area contributed by atoms with Gasteiger partial charge in [-0.15, -0.1) is 0 Å². The van der Waals surface area contributed by atoms with E-state index in [1.54, 1.807) is 0 Å². The van der Waals surface area contributed by atoms with Crippen molar-refractivity contribution >= 4 is 17.6 Å². The summed E-state index contributed by atoms with van der Waals surface area (Å²) in [5.41, 5.74) is 1.29. The van der Waals surface area contributed by atoms with Crippen LogP contribution in [0.4, 0.5) is 0 Å². The summed E-state index contributed by atoms with van der Waals surface area (Å²) in [5.74, 6) is 2.45. The van der Waals surface area contributed by atoms with Gasteiger partial charge in [-0.05, 0) is 81.3 Å². The van der Waals surface area contributed by atoms with E-state index in [-0.39, 0.29) is 5.97 Å². The predicted octanol–water partition coefficient (Wildman–Crippen LogP) is 8.01. The Kier molecular flexibility index (Phi) is 10.2. The van der Waals surface area contributed by atoms with Gasteiger partial charge in [0.2, 0.25) is 0 Å². The van der Waals surface area contributed by atoms with E-state index < -0.39 is 0 Å². The number of benzene rings is 1. The highest BCUT2D eigenvalue weighted by Crippen LogP contribution is 2.44. The van der Waals surface area contributed by atoms with Crippen molar-refractivity contribution in [3.8, 4) is 0 Å². The van der Waals surface area contributed by atoms with Crippen LogP contribution in [0.1, 0.15) is 108 Å². The third-order valence-corrected chi connectivity index (χ3v) is 9.24. The van der Waals surface area contributed by atoms with E-state index in [2.05, 4.69) is 23.1 Å². The van der Waals surface area contributed by atoms with E-state index in [4.69, 9.17) is 16.3 Å². The minimum atomic E-state index is -0.0369. The molecule has 0 bridgehead atoms. The van der Waals surface area contributed by atoms with Crippen molar-refractivity contribution in [2.24, 2.45) is 17.8 Å². The maximum atomic E-state index is 12.3. The van der Waals surface area contributed by atoms with Crippen molar-refractivity contribution in [3.63, 3.8) is 0 Å². The monoisotopic (exact) mass is 487 g/mol. The van der Waals surface area contributed by atoms with Gasteiger partial charge in [0, 0.05) is 36.5 Å². The van der Waals surface area contributed by atoms with Gasteiger partial charge in [0.25, 0.3) is 0 Å². The fourth-order valence-electron chi connectivity index (χ4n) is 7.18. The molecule has 3 atom stereocenters. The van der Waals surface area contributed by atoms with Gasteiger partial charge in [-0.3, -0.25) is 9.69 Å². The molecule has 0 saturated heterocycles. The van der Waals surface area contributed by atoms with Gasteiger partial charge in [0.1, 0.15) is 0 Å². The Hall–Kier alpha value is -1.06. The lowest BCUT2D eigenvalue weighted by molar-refractivity contribution is -0.144. The minimum Gasteiger partial charge on any atom is -0.466 e. The Balaban J connectivity index is 1.55. The summed E-state index contributed by atoms with van der Waals surface area (Å²) in [7, 11) is 0. The van der Waals surface area contributed by atoms with Gasteiger partial charge in [0.15, 0.2) is 0 Å². The van der Waals surface area contributed by atoms with Crippen molar-refractivity contribution in [1.82, 2.24) is 4.90 Å². The van der Waals surface area contributed by atoms with Gasteiger partial charge in [-0.1, -0.05) is 68.3 Å². The normalized spacial score (nSPS) is 27.1. The highest BCUT2D eigenvalue weighted by Gasteiger charge is 2.38. The zero-order valence-corrected chi connectivity index (χ0v) is 22.1. The lowest BCUT2D eigenvalue weighted by atomic mass is 9.72. The lowest BCUT2D eigenvalue weighted by Gasteiger charge is -2.46. The van der Waals surface area contributed by atoms with Gasteiger partial charge >= 0.3 is 5.97 Å². The van der Waals surface area contributed by atoms with Crippen molar-refractivity contribution in [2.45, 2.75) is 109 Å². The number of nitrogens with zero attached hydrogens (tertiary/aromatic N) is 1. The Morgan fingerprint density at radius 2 is 1.50 bits per heavy atom. The zero-order valence-electron chi connectivity index (χ0n) is 21.4. The molecule has 34 heavy (non-hydrogen) atoms. The highest BCUT2D eigenvalue weighted by molar-refractivity contribution is 6.31. The van der Waals surface area contributed by atoms with Crippen LogP contribution in [0, 0.1) is 17.8 Å². The van der Waals surface area contributed by atoms with Crippen molar-refractivity contribution < 1.29 is 9.53 Å². The first-order valence-electron chi connectivity index (χ1n) is 14.3. The Labute approximate surface area is 213 Å². The van der Waals surface area contributed by atoms with E-state index in [1.807, 2.05) is 13.0 Å². The van der Waals surface area contributed by atoms with Crippen LogP contribution >= 0.6 is 11.6 Å². The SMILES string of the molecule is CCOC(=O)C[C@@H]1CC[C@@H](N(CC2CCCCC2)CC2CCCCC2)[C@H](c2ccccc2Cl)C1. The summed E-state index contributed by atoms with van der Waals surface area (Å²) in [6, 6.07) is 9.01. The smallest absolute Gasteiger partial charge is 0.306 e. The highest BCUT2D eigenvalue weighted by atomic mass is 35.5. The summed E-state index contributed by atoms with van der Waals surface area (Å²) in [6.45, 7) is 4.88. The molecule has 0 unspecified atom stereocenters. The molecule has 0 radical (unpaired) electrons. The number of rotatable bonds is 9. The van der Waals surface area contributed by atoms with E-state index in [0.29, 0.717) is 30.9 Å². The fraction of sp³-hybridized carbons (Fsp3) is 0.767. The van der Waals surface area contributed by atoms with Crippen molar-refractivity contribution in [1.29, 1.82) is 0 Å². The molecule has 190 valence electrons. The fourth-order valence-corrected chi connectivity index (χ4v) is 7.45. The molecule has 1 aromatic rings. The zero-order chi connectivity index (χ0) is 23.8. The van der Waals surface area contributed by atoms with Gasteiger partial charge in [-0.25, -0.2) is 0 Å². The quantitative estimate of drug-likeness (QED) is 0.330. The number of hydrogen-bond acceptors (Lipinski definition) is 3. The molecular weight excluding hydrogens is 442 g/mol. The van der Waals surface area contributed by atoms with Crippen LogP contribution in [-0.2, 0) is 9.53 Å². The molecule has 3 fully saturated rings. The molecule has 0 aromatic heterocycles. The number of carbonyl (C=O) groups is 1. The van der Waals surface area contributed by atoms with E-state index in [1.165, 1.54) is 89.3 Å². The first-order chi connectivity index (χ1) is 16.6. The second-order valence-electron chi connectivity index (χ2n) is 11.3. The van der Waals surface area contributed by atoms with Crippen molar-refractivity contribution in [2.75, 3.05) is 19.7 Å². The summed E-state index contributed by atoms with van der Waals surface area (Å²) >= 11 is 6.80. The van der Waals surface area contributed by atoms with Crippen LogP contribution in [0.25, 0.3) is 0 Å². The first kappa shape index (κ1) is 26.0. The van der Waals surface area contributed by atoms with Crippen LogP contribution < -0.4 is 0 Å². The Bertz CT molecular complexity index is 736. The molecule has 4 rings (SSSR count). The van der Waals surface area contributed by atoms with Gasteiger partial charge < -0.3 is 4.74 Å². The van der Waals surface area contributed by atoms with E-state index in [0.717, 1.165) is 29.7 Å². The molecule has 0 N–H and O–H groups in total. The first-order valence-corrected chi connectivity index (χ1v) is 14.7. The molecular formula is C30H46ClNO2. The van der Waals surface area contributed by atoms with Gasteiger partial charge in [0.05, 0.1) is 6.61 Å². The average Bonchev–Trinajstić information content (AvgIpc) is 2.85. The Morgan fingerprint density at radius 3 is 2.09 bits per heavy atom. The summed E-state index contributed by atoms with van der Waals surface area (Å²) < 4.78 is 5.31. The molecule has 3 nitrogen and oxygen atoms in total. The van der Waals surface area contributed by atoms with E-state index >= 15 is 0 Å². The van der Waals surface area contributed by atoms with Crippen LogP contribution in [0.5, 0.6) is 0 Å². The standard InChI is InChI=1S/C30H46ClNO2/c1-2-34-30(33)20-25-17-18-29(27(19-25)26-15-9-10-16-28(26)31)32(21-23-11-5-3-6-12-23)22-24-13-7-4-8-14-24/h9-10,15-16,23-25,27,29H,2-8,11-14,17-22H2,1H3/t25-,27+,29-/m1/s1. The summed E-state index contributed by atoms with van der Waals surface area (Å²) in [5, 5.41) is 0.893. The van der Waals surface area contributed by atoms with E-state index in [9.17, 15) is 4.79 Å².